The Hall–Kier alpha value is -2.59. The largest absolute Gasteiger partial charge is 2.00 e. The van der Waals surface area contributed by atoms with Crippen LogP contribution in [0, 0.1) is 6.92 Å². The van der Waals surface area contributed by atoms with Gasteiger partial charge in [0.2, 0.25) is 0 Å². The smallest absolute Gasteiger partial charge is 0.165 e. The second kappa shape index (κ2) is 15.0. The van der Waals surface area contributed by atoms with Crippen LogP contribution in [0.1, 0.15) is 16.7 Å². The van der Waals surface area contributed by atoms with Gasteiger partial charge in [-0.2, -0.15) is 12.1 Å². The average Bonchev–Trinajstić information content (AvgIpc) is 3.52. The van der Waals surface area contributed by atoms with E-state index >= 15 is 0 Å². The molecule has 0 aliphatic heterocycles. The van der Waals surface area contributed by atoms with Gasteiger partial charge in [0.15, 0.2) is 0 Å². The summed E-state index contributed by atoms with van der Waals surface area (Å²) in [6.07, 6.45) is 2.26. The molecule has 0 amide bonds. The molecular formula is C35H35PZr. The van der Waals surface area contributed by atoms with Crippen LogP contribution in [0.15, 0.2) is 133 Å². The number of benzene rings is 4. The number of hydrogen-bond acceptors (Lipinski definition) is 0. The fourth-order valence-corrected chi connectivity index (χ4v) is 5.07. The Kier molecular flexibility index (Phi) is 11.7. The molecule has 0 fully saturated rings. The first kappa shape index (κ1) is 29.0. The monoisotopic (exact) mass is 576 g/mol. The van der Waals surface area contributed by atoms with Gasteiger partial charge in [-0.25, -0.2) is 0 Å². The maximum absolute atomic E-state index is 2.31. The van der Waals surface area contributed by atoms with Gasteiger partial charge in [-0.15, -0.1) is 88.9 Å². The zero-order valence-electron chi connectivity index (χ0n) is 22.1. The molecule has 0 aliphatic rings. The first-order valence-corrected chi connectivity index (χ1v) is 14.8. The predicted octanol–water partition coefficient (Wildman–Crippen LogP) is 9.26. The molecule has 0 aromatic heterocycles. The predicted molar refractivity (Wildman–Crippen MR) is 163 cm³/mol. The molecule has 2 heteroatoms. The molecule has 0 saturated heterocycles. The van der Waals surface area contributed by atoms with E-state index in [4.69, 9.17) is 0 Å². The van der Waals surface area contributed by atoms with Crippen molar-refractivity contribution in [3.63, 3.8) is 0 Å². The minimum Gasteiger partial charge on any atom is -0.165 e. The van der Waals surface area contributed by atoms with Crippen LogP contribution >= 0.6 is 7.92 Å². The fourth-order valence-electron chi connectivity index (χ4n) is 4.28. The average molecular weight is 578 g/mol. The van der Waals surface area contributed by atoms with E-state index in [1.165, 1.54) is 43.5 Å². The molecule has 0 atom stereocenters. The van der Waals surface area contributed by atoms with E-state index in [1.54, 1.807) is 0 Å². The van der Waals surface area contributed by atoms with Gasteiger partial charge in [-0.3, -0.25) is 0 Å². The van der Waals surface area contributed by atoms with Crippen molar-refractivity contribution in [3.8, 4) is 0 Å². The van der Waals surface area contributed by atoms with Crippen LogP contribution in [-0.4, -0.2) is 13.3 Å². The molecule has 37 heavy (non-hydrogen) atoms. The number of hydrogen-bond donors (Lipinski definition) is 0. The summed E-state index contributed by atoms with van der Waals surface area (Å²) in [6.45, 7) is 6.72. The number of aryl methyl sites for hydroxylation is 3. The molecule has 0 radical (unpaired) electrons. The molecule has 0 heterocycles. The van der Waals surface area contributed by atoms with Crippen molar-refractivity contribution in [1.29, 1.82) is 0 Å². The third-order valence-electron chi connectivity index (χ3n) is 6.27. The third kappa shape index (κ3) is 9.03. The molecular weight excluding hydrogens is 543 g/mol. The van der Waals surface area contributed by atoms with Crippen LogP contribution in [0.3, 0.4) is 0 Å². The van der Waals surface area contributed by atoms with Gasteiger partial charge >= 0.3 is 26.2 Å². The summed E-state index contributed by atoms with van der Waals surface area (Å²) < 4.78 is 0. The number of rotatable bonds is 4. The summed E-state index contributed by atoms with van der Waals surface area (Å²) in [5.41, 5.74) is 4.17. The van der Waals surface area contributed by atoms with Crippen molar-refractivity contribution in [2.24, 2.45) is 0 Å². The molecule has 184 valence electrons. The summed E-state index contributed by atoms with van der Waals surface area (Å²) in [5, 5.41) is 6.96. The summed E-state index contributed by atoms with van der Waals surface area (Å²) in [7, 11) is 0.0576. The summed E-state index contributed by atoms with van der Waals surface area (Å²) in [5.74, 6) is 0. The Bertz CT molecular complexity index is 1350. The minimum atomic E-state index is 0. The Balaban J connectivity index is 0.000000154. The zero-order valence-corrected chi connectivity index (χ0v) is 25.4. The van der Waals surface area contributed by atoms with Crippen molar-refractivity contribution < 1.29 is 26.2 Å². The summed E-state index contributed by atoms with van der Waals surface area (Å²) in [6, 6.07) is 47.2. The maximum atomic E-state index is 2.31. The van der Waals surface area contributed by atoms with E-state index in [0.717, 1.165) is 12.8 Å². The van der Waals surface area contributed by atoms with Crippen LogP contribution in [0.4, 0.5) is 0 Å². The van der Waals surface area contributed by atoms with Gasteiger partial charge < -0.3 is 0 Å². The molecule has 0 aliphatic carbocycles. The van der Waals surface area contributed by atoms with E-state index in [2.05, 4.69) is 154 Å². The van der Waals surface area contributed by atoms with Crippen molar-refractivity contribution in [2.45, 2.75) is 19.8 Å². The molecule has 0 bridgehead atoms. The quantitative estimate of drug-likeness (QED) is 0.145. The van der Waals surface area contributed by atoms with E-state index in [0.29, 0.717) is 0 Å². The van der Waals surface area contributed by atoms with Gasteiger partial charge in [0.05, 0.1) is 0 Å². The van der Waals surface area contributed by atoms with Gasteiger partial charge in [0.25, 0.3) is 0 Å². The van der Waals surface area contributed by atoms with Crippen molar-refractivity contribution >= 4 is 34.8 Å². The molecule has 0 N–H and O–H groups in total. The molecule has 0 unspecified atom stereocenters. The Labute approximate surface area is 243 Å². The van der Waals surface area contributed by atoms with Crippen LogP contribution in [0.5, 0.6) is 0 Å². The molecule has 0 spiro atoms. The van der Waals surface area contributed by atoms with Crippen LogP contribution in [0.2, 0.25) is 0 Å². The number of fused-ring (bicyclic) bond motifs is 2. The van der Waals surface area contributed by atoms with E-state index < -0.39 is 0 Å². The topological polar surface area (TPSA) is 0 Å². The summed E-state index contributed by atoms with van der Waals surface area (Å²) >= 11 is 0. The maximum Gasteiger partial charge on any atom is 2.00 e. The van der Waals surface area contributed by atoms with Gasteiger partial charge in [-0.1, -0.05) is 79.7 Å². The van der Waals surface area contributed by atoms with E-state index in [9.17, 15) is 0 Å². The van der Waals surface area contributed by atoms with Gasteiger partial charge in [0.1, 0.15) is 0 Å². The van der Waals surface area contributed by atoms with E-state index in [1.807, 2.05) is 0 Å². The molecule has 6 aromatic rings. The fraction of sp³-hybridized carbons (Fsp3) is 0.143. The van der Waals surface area contributed by atoms with Gasteiger partial charge in [-0.05, 0) is 37.3 Å². The van der Waals surface area contributed by atoms with Crippen LogP contribution < -0.4 is 5.30 Å². The Morgan fingerprint density at radius 1 is 0.541 bits per heavy atom. The van der Waals surface area contributed by atoms with E-state index in [-0.39, 0.29) is 34.1 Å². The first-order valence-electron chi connectivity index (χ1n) is 12.6. The van der Waals surface area contributed by atoms with Crippen LogP contribution in [0.25, 0.3) is 21.5 Å². The van der Waals surface area contributed by atoms with Crippen molar-refractivity contribution in [3.05, 3.63) is 150 Å². The zero-order chi connectivity index (χ0) is 25.2. The molecule has 6 rings (SSSR count). The Morgan fingerprint density at radius 2 is 0.973 bits per heavy atom. The third-order valence-corrected chi connectivity index (χ3v) is 7.56. The molecule has 0 saturated carbocycles. The molecule has 0 nitrogen and oxygen atoms in total. The SMILES string of the molecule is CP(C)c1cc2ccccc2[cH-]1.Cc1cc2ccccc2[cH-]1.[Zr+2].c1ccc(CCc2ccccc2)cc1. The summed E-state index contributed by atoms with van der Waals surface area (Å²) in [4.78, 5) is 0. The second-order valence-corrected chi connectivity index (χ2v) is 11.7. The molecule has 6 aromatic carbocycles. The van der Waals surface area contributed by atoms with Crippen molar-refractivity contribution in [2.75, 3.05) is 13.3 Å². The normalized spacial score (nSPS) is 10.3. The standard InChI is InChI=1S/C14H14.C11H12P.C10H9.Zr/c1-3-7-13(8-4-1)11-12-14-9-5-2-6-10-14;1-12(2)11-7-9-5-3-4-6-10(9)8-11;1-8-6-9-4-2-3-5-10(9)7-8;/h1-10H,11-12H2;3-8H,1-2H3;2-7H,1H3;/q;2*-1;+2. The Morgan fingerprint density at radius 3 is 1.43 bits per heavy atom. The van der Waals surface area contributed by atoms with Crippen LogP contribution in [-0.2, 0) is 39.0 Å². The minimum absolute atomic E-state index is 0. The first-order chi connectivity index (χ1) is 17.6. The second-order valence-electron chi connectivity index (χ2n) is 9.37. The van der Waals surface area contributed by atoms with Gasteiger partial charge in [0, 0.05) is 0 Å². The van der Waals surface area contributed by atoms with Crippen molar-refractivity contribution in [1.82, 2.24) is 0 Å².